The highest BCUT2D eigenvalue weighted by Crippen LogP contribution is 2.27. The number of nitrogens with zero attached hydrogens (tertiary/aromatic N) is 1. The third-order valence-corrected chi connectivity index (χ3v) is 4.12. The smallest absolute Gasteiger partial charge is 0.273 e. The molecule has 98 valence electrons. The van der Waals surface area contributed by atoms with Crippen LogP contribution in [0.3, 0.4) is 0 Å². The van der Waals surface area contributed by atoms with E-state index in [0.29, 0.717) is 0 Å². The van der Waals surface area contributed by atoms with Crippen molar-refractivity contribution in [1.82, 2.24) is 0 Å². The van der Waals surface area contributed by atoms with E-state index in [0.717, 1.165) is 6.42 Å². The van der Waals surface area contributed by atoms with Crippen LogP contribution in [-0.2, 0) is 0 Å². The van der Waals surface area contributed by atoms with E-state index >= 15 is 0 Å². The predicted molar refractivity (Wildman–Crippen MR) is 80.7 cm³/mol. The van der Waals surface area contributed by atoms with Gasteiger partial charge in [-0.25, -0.2) is 6.57 Å². The van der Waals surface area contributed by atoms with Gasteiger partial charge in [-0.15, -0.1) is 0 Å². The van der Waals surface area contributed by atoms with Gasteiger partial charge in [0.1, 0.15) is 0 Å². The Labute approximate surface area is 116 Å². The summed E-state index contributed by atoms with van der Waals surface area (Å²) in [6, 6.07) is 10.3. The largest absolute Gasteiger partial charge is 0.301 e. The van der Waals surface area contributed by atoms with Gasteiger partial charge in [0.2, 0.25) is 0 Å². The molecule has 1 rings (SSSR count). The number of hydrogen-bond donors (Lipinski definition) is 0. The third kappa shape index (κ3) is 6.71. The Kier molecular flexibility index (Phi) is 8.42. The van der Waals surface area contributed by atoms with Crippen molar-refractivity contribution < 1.29 is 0 Å². The van der Waals surface area contributed by atoms with Crippen molar-refractivity contribution in [2.75, 3.05) is 0 Å². The van der Waals surface area contributed by atoms with Gasteiger partial charge in [-0.2, -0.15) is 0 Å². The zero-order valence-electron chi connectivity index (χ0n) is 11.3. The molecule has 2 heteroatoms. The van der Waals surface area contributed by atoms with Crippen LogP contribution in [0.1, 0.15) is 51.9 Å². The number of unbranched alkanes of at least 4 members (excludes halogenated alkanes) is 5. The Morgan fingerprint density at radius 2 is 1.72 bits per heavy atom. The van der Waals surface area contributed by atoms with Crippen molar-refractivity contribution in [1.29, 1.82) is 0 Å². The topological polar surface area (TPSA) is 4.36 Å². The number of hydrogen-bond acceptors (Lipinski definition) is 1. The van der Waals surface area contributed by atoms with E-state index in [1.165, 1.54) is 43.4 Å². The van der Waals surface area contributed by atoms with Gasteiger partial charge in [0.25, 0.3) is 5.37 Å². The molecule has 0 bridgehead atoms. The van der Waals surface area contributed by atoms with Gasteiger partial charge in [0.05, 0.1) is 0 Å². The van der Waals surface area contributed by atoms with Crippen molar-refractivity contribution in [3.63, 3.8) is 0 Å². The van der Waals surface area contributed by atoms with E-state index in [2.05, 4.69) is 23.9 Å². The summed E-state index contributed by atoms with van der Waals surface area (Å²) in [7, 11) is 0. The highest BCUT2D eigenvalue weighted by Gasteiger charge is 2.13. The van der Waals surface area contributed by atoms with Crippen LogP contribution in [0, 0.1) is 6.57 Å². The molecule has 0 saturated carbocycles. The average molecular weight is 261 g/mol. The van der Waals surface area contributed by atoms with E-state index in [1.54, 1.807) is 11.8 Å². The van der Waals surface area contributed by atoms with E-state index in [1.807, 2.05) is 18.2 Å². The minimum atomic E-state index is 0.0959. The summed E-state index contributed by atoms with van der Waals surface area (Å²) >= 11 is 1.70. The Hall–Kier alpha value is -0.940. The van der Waals surface area contributed by atoms with Crippen molar-refractivity contribution in [2.45, 2.75) is 62.1 Å². The first-order valence-electron chi connectivity index (χ1n) is 6.95. The summed E-state index contributed by atoms with van der Waals surface area (Å²) in [5, 5.41) is 0.0959. The SMILES string of the molecule is [C-]#[N+]C(CCCCCCCC)Sc1ccccc1. The van der Waals surface area contributed by atoms with Gasteiger partial charge in [0, 0.05) is 11.3 Å². The Balaban J connectivity index is 2.17. The second kappa shape index (κ2) is 10.0. The number of rotatable bonds is 9. The molecule has 0 fully saturated rings. The molecule has 0 aliphatic rings. The predicted octanol–water partition coefficient (Wildman–Crippen LogP) is 5.77. The molecule has 0 aliphatic heterocycles. The molecule has 1 unspecified atom stereocenters. The van der Waals surface area contributed by atoms with Crippen LogP contribution in [0.2, 0.25) is 0 Å². The molecule has 18 heavy (non-hydrogen) atoms. The third-order valence-electron chi connectivity index (χ3n) is 2.96. The number of thioether (sulfide) groups is 1. The lowest BCUT2D eigenvalue weighted by molar-refractivity contribution is 0.594. The number of benzene rings is 1. The molecule has 1 aromatic rings. The second-order valence-corrected chi connectivity index (χ2v) is 5.82. The summed E-state index contributed by atoms with van der Waals surface area (Å²) in [6.07, 6.45) is 8.83. The molecule has 0 aliphatic carbocycles. The monoisotopic (exact) mass is 261 g/mol. The van der Waals surface area contributed by atoms with Crippen LogP contribution in [0.4, 0.5) is 0 Å². The molecular weight excluding hydrogens is 238 g/mol. The first kappa shape index (κ1) is 15.1. The zero-order chi connectivity index (χ0) is 13.1. The molecule has 0 spiro atoms. The molecule has 1 aromatic carbocycles. The van der Waals surface area contributed by atoms with Gasteiger partial charge in [-0.1, -0.05) is 57.2 Å². The minimum Gasteiger partial charge on any atom is -0.301 e. The Bertz CT molecular complexity index is 342. The van der Waals surface area contributed by atoms with Crippen LogP contribution < -0.4 is 0 Å². The fraction of sp³-hybridized carbons (Fsp3) is 0.562. The fourth-order valence-electron chi connectivity index (χ4n) is 1.91. The molecule has 0 amide bonds. The first-order chi connectivity index (χ1) is 8.86. The van der Waals surface area contributed by atoms with Gasteiger partial charge >= 0.3 is 0 Å². The lowest BCUT2D eigenvalue weighted by Gasteiger charge is -2.05. The van der Waals surface area contributed by atoms with Gasteiger partial charge < -0.3 is 4.85 Å². The summed E-state index contributed by atoms with van der Waals surface area (Å²) in [6.45, 7) is 9.50. The van der Waals surface area contributed by atoms with Crippen molar-refractivity contribution in [3.05, 3.63) is 41.7 Å². The average Bonchev–Trinajstić information content (AvgIpc) is 2.42. The molecule has 1 atom stereocenters. The molecule has 0 radical (unpaired) electrons. The highest BCUT2D eigenvalue weighted by molar-refractivity contribution is 8.00. The molecule has 0 saturated heterocycles. The minimum absolute atomic E-state index is 0.0959. The van der Waals surface area contributed by atoms with Crippen LogP contribution >= 0.6 is 11.8 Å². The normalized spacial score (nSPS) is 12.0. The summed E-state index contributed by atoms with van der Waals surface area (Å²) in [4.78, 5) is 4.94. The van der Waals surface area contributed by atoms with Gasteiger partial charge in [-0.3, -0.25) is 0 Å². The highest BCUT2D eigenvalue weighted by atomic mass is 32.2. The van der Waals surface area contributed by atoms with Crippen molar-refractivity contribution in [2.24, 2.45) is 0 Å². The van der Waals surface area contributed by atoms with Gasteiger partial charge in [0.15, 0.2) is 0 Å². The maximum Gasteiger partial charge on any atom is 0.273 e. The van der Waals surface area contributed by atoms with E-state index < -0.39 is 0 Å². The molecule has 0 aromatic heterocycles. The molecular formula is C16H23NS. The van der Waals surface area contributed by atoms with Crippen LogP contribution in [0.5, 0.6) is 0 Å². The lowest BCUT2D eigenvalue weighted by Crippen LogP contribution is -1.95. The van der Waals surface area contributed by atoms with E-state index in [-0.39, 0.29) is 5.37 Å². The van der Waals surface area contributed by atoms with Crippen LogP contribution in [-0.4, -0.2) is 5.37 Å². The zero-order valence-corrected chi connectivity index (χ0v) is 12.1. The summed E-state index contributed by atoms with van der Waals surface area (Å²) in [5.74, 6) is 0. The second-order valence-electron chi connectivity index (χ2n) is 4.57. The van der Waals surface area contributed by atoms with Crippen LogP contribution in [0.25, 0.3) is 4.85 Å². The molecule has 0 N–H and O–H groups in total. The van der Waals surface area contributed by atoms with Crippen molar-refractivity contribution >= 4 is 11.8 Å². The van der Waals surface area contributed by atoms with E-state index in [9.17, 15) is 0 Å². The van der Waals surface area contributed by atoms with Crippen LogP contribution in [0.15, 0.2) is 35.2 Å². The standard InChI is InChI=1S/C16H23NS/c1-3-4-5-6-7-11-14-16(17-2)18-15-12-9-8-10-13-15/h8-10,12-13,16H,3-7,11,14H2,1H3. The summed E-state index contributed by atoms with van der Waals surface area (Å²) in [5.41, 5.74) is 0. The molecule has 0 heterocycles. The Morgan fingerprint density at radius 1 is 1.06 bits per heavy atom. The van der Waals surface area contributed by atoms with Gasteiger partial charge in [-0.05, 0) is 30.3 Å². The quantitative estimate of drug-likeness (QED) is 0.310. The fourth-order valence-corrected chi connectivity index (χ4v) is 2.87. The van der Waals surface area contributed by atoms with Crippen molar-refractivity contribution in [3.8, 4) is 0 Å². The van der Waals surface area contributed by atoms with E-state index in [4.69, 9.17) is 6.57 Å². The molecule has 1 nitrogen and oxygen atoms in total. The Morgan fingerprint density at radius 3 is 2.39 bits per heavy atom. The maximum atomic E-state index is 7.26. The maximum absolute atomic E-state index is 7.26. The summed E-state index contributed by atoms with van der Waals surface area (Å²) < 4.78 is 0. The first-order valence-corrected chi connectivity index (χ1v) is 7.83. The lowest BCUT2D eigenvalue weighted by atomic mass is 10.1.